The van der Waals surface area contributed by atoms with Gasteiger partial charge in [-0.1, -0.05) is 37.6 Å². The fourth-order valence-electron chi connectivity index (χ4n) is 5.29. The largest absolute Gasteiger partial charge is 0.494 e. The Kier molecular flexibility index (Phi) is 11.4. The summed E-state index contributed by atoms with van der Waals surface area (Å²) in [6.07, 6.45) is 2.17. The number of nitrogens with one attached hydrogen (secondary N) is 1. The molecule has 2 saturated heterocycles. The second-order valence-corrected chi connectivity index (χ2v) is 13.1. The van der Waals surface area contributed by atoms with Crippen molar-refractivity contribution in [3.63, 3.8) is 0 Å². The zero-order valence-electron chi connectivity index (χ0n) is 23.9. The fourth-order valence-corrected chi connectivity index (χ4v) is 7.33. The van der Waals surface area contributed by atoms with Crippen LogP contribution in [0.4, 0.5) is 0 Å². The van der Waals surface area contributed by atoms with Gasteiger partial charge in [0.1, 0.15) is 18.1 Å². The first-order valence-electron chi connectivity index (χ1n) is 14.5. The summed E-state index contributed by atoms with van der Waals surface area (Å²) >= 11 is 0. The molecule has 2 N–H and O–H groups in total. The van der Waals surface area contributed by atoms with Crippen LogP contribution in [0.5, 0.6) is 11.5 Å². The molecule has 0 unspecified atom stereocenters. The molecule has 2 heterocycles. The van der Waals surface area contributed by atoms with Crippen molar-refractivity contribution in [3.05, 3.63) is 59.7 Å². The van der Waals surface area contributed by atoms with Crippen LogP contribution >= 0.6 is 0 Å². The molecule has 2 aliphatic rings. The number of benzene rings is 2. The van der Waals surface area contributed by atoms with Gasteiger partial charge >= 0.3 is 0 Å². The van der Waals surface area contributed by atoms with Crippen LogP contribution in [0.2, 0.25) is 0 Å². The van der Waals surface area contributed by atoms with E-state index in [0.29, 0.717) is 44.2 Å². The van der Waals surface area contributed by atoms with Crippen molar-refractivity contribution in [2.75, 3.05) is 59.2 Å². The van der Waals surface area contributed by atoms with Crippen molar-refractivity contribution in [1.82, 2.24) is 15.3 Å². The van der Waals surface area contributed by atoms with Crippen LogP contribution in [0, 0.1) is 0 Å². The summed E-state index contributed by atoms with van der Waals surface area (Å²) in [7, 11) is -3.93. The van der Waals surface area contributed by atoms with Crippen LogP contribution < -0.4 is 15.0 Å². The third-order valence-electron chi connectivity index (χ3n) is 7.93. The summed E-state index contributed by atoms with van der Waals surface area (Å²) in [4.78, 5) is 17.3. The van der Waals surface area contributed by atoms with Crippen molar-refractivity contribution in [3.8, 4) is 11.5 Å². The number of morpholine rings is 1. The third kappa shape index (κ3) is 8.42. The molecule has 2 aliphatic heterocycles. The van der Waals surface area contributed by atoms with Gasteiger partial charge in [0, 0.05) is 39.3 Å². The van der Waals surface area contributed by atoms with Gasteiger partial charge in [0.15, 0.2) is 14.6 Å². The Morgan fingerprint density at radius 3 is 2.07 bits per heavy atom. The maximum Gasteiger partial charge on any atom is 0.264 e. The van der Waals surface area contributed by atoms with Crippen LogP contribution in [0.3, 0.4) is 0 Å². The highest BCUT2D eigenvalue weighted by atomic mass is 32.2. The molecule has 0 bridgehead atoms. The second-order valence-electron chi connectivity index (χ2n) is 10.8. The molecule has 2 aromatic carbocycles. The lowest BCUT2D eigenvalue weighted by atomic mass is 9.94. The van der Waals surface area contributed by atoms with E-state index in [4.69, 9.17) is 14.2 Å². The van der Waals surface area contributed by atoms with Gasteiger partial charge in [-0.15, -0.1) is 0 Å². The highest BCUT2D eigenvalue weighted by Crippen LogP contribution is 2.34. The van der Waals surface area contributed by atoms with Crippen molar-refractivity contribution >= 4 is 15.7 Å². The Labute approximate surface area is 243 Å². The minimum Gasteiger partial charge on any atom is -0.494 e. The van der Waals surface area contributed by atoms with Gasteiger partial charge in [-0.25, -0.2) is 13.9 Å². The second kappa shape index (κ2) is 15.0. The minimum atomic E-state index is -3.93. The zero-order chi connectivity index (χ0) is 29.1. The third-order valence-corrected chi connectivity index (χ3v) is 10.4. The lowest BCUT2D eigenvalue weighted by Gasteiger charge is -2.39. The van der Waals surface area contributed by atoms with Gasteiger partial charge in [0.2, 0.25) is 0 Å². The summed E-state index contributed by atoms with van der Waals surface area (Å²) in [5, 5.41) is 9.47. The molecule has 2 aromatic rings. The number of likely N-dealkylation sites (tertiary alicyclic amines) is 1. The molecule has 0 saturated carbocycles. The maximum atomic E-state index is 13.6. The van der Waals surface area contributed by atoms with E-state index in [0.717, 1.165) is 57.0 Å². The van der Waals surface area contributed by atoms with Gasteiger partial charge in [-0.05, 0) is 54.7 Å². The van der Waals surface area contributed by atoms with Crippen LogP contribution in [0.25, 0.3) is 0 Å². The summed E-state index contributed by atoms with van der Waals surface area (Å²) in [5.74, 6) is 0.340. The lowest BCUT2D eigenvalue weighted by Crippen LogP contribution is -2.57. The predicted molar refractivity (Wildman–Crippen MR) is 156 cm³/mol. The smallest absolute Gasteiger partial charge is 0.264 e. The monoisotopic (exact) mass is 589 g/mol. The summed E-state index contributed by atoms with van der Waals surface area (Å²) < 4.78 is 42.5. The number of rotatable bonds is 14. The lowest BCUT2D eigenvalue weighted by molar-refractivity contribution is -0.133. The van der Waals surface area contributed by atoms with Crippen LogP contribution in [-0.2, 0) is 31.7 Å². The van der Waals surface area contributed by atoms with Crippen molar-refractivity contribution in [2.24, 2.45) is 0 Å². The van der Waals surface area contributed by atoms with E-state index in [9.17, 15) is 18.4 Å². The Morgan fingerprint density at radius 2 is 1.49 bits per heavy atom. The number of carbonyl (C=O) groups excluding carboxylic acids is 1. The summed E-state index contributed by atoms with van der Waals surface area (Å²) in [5.41, 5.74) is 3.29. The van der Waals surface area contributed by atoms with Crippen molar-refractivity contribution in [1.29, 1.82) is 0 Å². The molecule has 0 aromatic heterocycles. The van der Waals surface area contributed by atoms with Gasteiger partial charge in [0.05, 0.1) is 25.6 Å². The van der Waals surface area contributed by atoms with E-state index in [-0.39, 0.29) is 18.6 Å². The fraction of sp³-hybridized carbons (Fsp3) is 0.567. The first kappa shape index (κ1) is 31.2. The highest BCUT2D eigenvalue weighted by molar-refractivity contribution is 7.92. The number of hydrogen-bond acceptors (Lipinski definition) is 9. The molecule has 41 heavy (non-hydrogen) atoms. The van der Waals surface area contributed by atoms with Crippen LogP contribution in [0.1, 0.15) is 43.7 Å². The average Bonchev–Trinajstić information content (AvgIpc) is 2.99. The molecule has 0 aliphatic carbocycles. The van der Waals surface area contributed by atoms with Gasteiger partial charge < -0.3 is 14.2 Å². The van der Waals surface area contributed by atoms with E-state index in [1.54, 1.807) is 29.7 Å². The molecule has 1 amide bonds. The number of hydroxylamine groups is 1. The average molecular weight is 590 g/mol. The molecule has 0 radical (unpaired) electrons. The number of nitrogens with zero attached hydrogens (tertiary/aromatic N) is 2. The van der Waals surface area contributed by atoms with Crippen LogP contribution in [0.15, 0.2) is 48.5 Å². The van der Waals surface area contributed by atoms with E-state index >= 15 is 0 Å². The van der Waals surface area contributed by atoms with Crippen molar-refractivity contribution in [2.45, 2.75) is 49.7 Å². The number of amides is 1. The predicted octanol–water partition coefficient (Wildman–Crippen LogP) is 3.03. The number of unbranched alkanes of at least 4 members (excludes halogenated alkanes) is 1. The first-order chi connectivity index (χ1) is 19.8. The number of ether oxygens (including phenoxy) is 3. The van der Waals surface area contributed by atoms with Gasteiger partial charge in [0.25, 0.3) is 5.91 Å². The SMILES string of the molecule is CCCCOc1ccc(CS(=O)(=O)C2(C(=O)NO)CCN(Cc3ccc(OCCN4CCOCC4)cc3)CC2)cc1. The standard InChI is InChI=1S/C30H43N3O7S/c1-2-3-19-39-27-10-6-26(7-11-27)24-41(36,37)30(29(34)31-35)12-14-33(15-13-30)23-25-4-8-28(9-5-25)40-22-18-32-16-20-38-21-17-32/h4-11,35H,2-3,12-24H2,1H3,(H,31,34). The molecular weight excluding hydrogens is 546 g/mol. The number of piperidine rings is 1. The summed E-state index contributed by atoms with van der Waals surface area (Å²) in [6, 6.07) is 14.9. The van der Waals surface area contributed by atoms with E-state index in [1.165, 1.54) is 0 Å². The molecule has 4 rings (SSSR count). The Morgan fingerprint density at radius 1 is 0.902 bits per heavy atom. The minimum absolute atomic E-state index is 0.0999. The summed E-state index contributed by atoms with van der Waals surface area (Å²) in [6.45, 7) is 9.03. The topological polar surface area (TPSA) is 118 Å². The molecule has 226 valence electrons. The first-order valence-corrected chi connectivity index (χ1v) is 16.1. The highest BCUT2D eigenvalue weighted by Gasteiger charge is 2.52. The van der Waals surface area contributed by atoms with E-state index in [1.807, 2.05) is 24.3 Å². The number of carbonyl (C=O) groups is 1. The van der Waals surface area contributed by atoms with E-state index < -0.39 is 20.5 Å². The molecular formula is C30H43N3O7S. The molecule has 0 spiro atoms. The quantitative estimate of drug-likeness (QED) is 0.195. The molecule has 2 fully saturated rings. The van der Waals surface area contributed by atoms with Gasteiger partial charge in [-0.3, -0.25) is 19.8 Å². The molecule has 11 heteroatoms. The van der Waals surface area contributed by atoms with Gasteiger partial charge in [-0.2, -0.15) is 0 Å². The number of sulfone groups is 1. The van der Waals surface area contributed by atoms with E-state index in [2.05, 4.69) is 16.7 Å². The normalized spacial score (nSPS) is 18.1. The zero-order valence-corrected chi connectivity index (χ0v) is 24.7. The number of hydrogen-bond donors (Lipinski definition) is 2. The van der Waals surface area contributed by atoms with Crippen molar-refractivity contribution < 1.29 is 32.6 Å². The Hall–Kier alpha value is -2.70. The maximum absolute atomic E-state index is 13.6. The Bertz CT molecular complexity index is 1190. The molecule has 0 atom stereocenters. The van der Waals surface area contributed by atoms with Crippen LogP contribution in [-0.4, -0.2) is 93.2 Å². The molecule has 10 nitrogen and oxygen atoms in total. The Balaban J connectivity index is 1.30.